The zero-order valence-electron chi connectivity index (χ0n) is 21.2. The van der Waals surface area contributed by atoms with Gasteiger partial charge in [0.15, 0.2) is 0 Å². The molecule has 7 nitrogen and oxygen atoms in total. The summed E-state index contributed by atoms with van der Waals surface area (Å²) < 4.78 is 1.90. The molecule has 0 unspecified atom stereocenters. The van der Waals surface area contributed by atoms with Gasteiger partial charge in [0, 0.05) is 17.4 Å². The zero-order chi connectivity index (χ0) is 25.2. The van der Waals surface area contributed by atoms with Crippen LogP contribution in [0.2, 0.25) is 0 Å². The summed E-state index contributed by atoms with van der Waals surface area (Å²) in [7, 11) is 0. The monoisotopic (exact) mass is 496 g/mol. The molecule has 0 atom stereocenters. The first-order valence-electron chi connectivity index (χ1n) is 12.7. The number of hydrogen-bond donors (Lipinski definition) is 1. The number of thiophene rings is 1. The molecule has 8 heteroatoms. The number of aromatic carboxylic acids is 1. The van der Waals surface area contributed by atoms with Crippen LogP contribution in [0.3, 0.4) is 0 Å². The Morgan fingerprint density at radius 2 is 1.80 bits per heavy atom. The Morgan fingerprint density at radius 3 is 2.37 bits per heavy atom. The van der Waals surface area contributed by atoms with E-state index in [0.29, 0.717) is 16.5 Å². The summed E-state index contributed by atoms with van der Waals surface area (Å²) in [5, 5.41) is 14.4. The highest BCUT2D eigenvalue weighted by molar-refractivity contribution is 7.15. The van der Waals surface area contributed by atoms with Gasteiger partial charge in [0.05, 0.1) is 16.6 Å². The minimum Gasteiger partial charge on any atom is -0.477 e. The van der Waals surface area contributed by atoms with Crippen molar-refractivity contribution in [2.75, 3.05) is 4.90 Å². The van der Waals surface area contributed by atoms with Crippen LogP contribution in [0.15, 0.2) is 18.7 Å². The summed E-state index contributed by atoms with van der Waals surface area (Å²) in [6.45, 7) is 8.33. The van der Waals surface area contributed by atoms with Crippen molar-refractivity contribution in [3.63, 3.8) is 0 Å². The van der Waals surface area contributed by atoms with Crippen LogP contribution in [-0.4, -0.2) is 37.8 Å². The maximum atomic E-state index is 14.0. The first kappa shape index (κ1) is 25.4. The van der Waals surface area contributed by atoms with E-state index >= 15 is 0 Å². The number of nitrogens with zero attached hydrogens (tertiary/aromatic N) is 4. The molecule has 0 aromatic carbocycles. The molecule has 0 bridgehead atoms. The van der Waals surface area contributed by atoms with Crippen LogP contribution in [0.5, 0.6) is 0 Å². The molecule has 2 saturated carbocycles. The first-order chi connectivity index (χ1) is 16.6. The molecule has 0 saturated heterocycles. The van der Waals surface area contributed by atoms with E-state index in [2.05, 4.69) is 28.8 Å². The fourth-order valence-corrected chi connectivity index (χ4v) is 6.05. The van der Waals surface area contributed by atoms with E-state index in [1.54, 1.807) is 12.7 Å². The number of carboxylic acids is 1. The van der Waals surface area contributed by atoms with Crippen LogP contribution in [-0.2, 0) is 4.79 Å². The molecule has 0 radical (unpaired) electrons. The number of carbonyl (C=O) groups excluding carboxylic acids is 1. The van der Waals surface area contributed by atoms with Crippen LogP contribution in [0, 0.1) is 29.1 Å². The Hall–Kier alpha value is -2.66. The first-order valence-corrected chi connectivity index (χ1v) is 13.5. The molecule has 0 aliphatic heterocycles. The van der Waals surface area contributed by atoms with Crippen molar-refractivity contribution < 1.29 is 14.7 Å². The number of carbonyl (C=O) groups is 2. The number of anilines is 1. The fourth-order valence-electron chi connectivity index (χ4n) is 5.21. The van der Waals surface area contributed by atoms with Crippen molar-refractivity contribution in [3.8, 4) is 11.8 Å². The molecule has 1 N–H and O–H groups in total. The van der Waals surface area contributed by atoms with E-state index in [1.165, 1.54) is 11.3 Å². The number of hydrogen-bond acceptors (Lipinski definition) is 5. The summed E-state index contributed by atoms with van der Waals surface area (Å²) in [5.74, 6) is 6.03. The summed E-state index contributed by atoms with van der Waals surface area (Å²) in [6, 6.07) is 2.06. The zero-order valence-corrected chi connectivity index (χ0v) is 22.0. The highest BCUT2D eigenvalue weighted by atomic mass is 32.1. The van der Waals surface area contributed by atoms with E-state index in [1.807, 2.05) is 36.4 Å². The third-order valence-electron chi connectivity index (χ3n) is 7.17. The second-order valence-corrected chi connectivity index (χ2v) is 12.2. The van der Waals surface area contributed by atoms with E-state index in [-0.39, 0.29) is 34.2 Å². The van der Waals surface area contributed by atoms with Gasteiger partial charge in [-0.2, -0.15) is 5.10 Å². The second kappa shape index (κ2) is 10.5. The lowest BCUT2D eigenvalue weighted by Crippen LogP contribution is -2.46. The van der Waals surface area contributed by atoms with Gasteiger partial charge in [0.2, 0.25) is 5.91 Å². The van der Waals surface area contributed by atoms with Gasteiger partial charge >= 0.3 is 5.97 Å². The van der Waals surface area contributed by atoms with E-state index in [4.69, 9.17) is 0 Å². The fraction of sp³-hybridized carbons (Fsp3) is 0.630. The number of aromatic nitrogens is 3. The summed E-state index contributed by atoms with van der Waals surface area (Å²) >= 11 is 1.17. The van der Waals surface area contributed by atoms with Gasteiger partial charge < -0.3 is 10.0 Å². The molecular formula is C27H36N4O3S. The molecule has 2 aliphatic rings. The van der Waals surface area contributed by atoms with Gasteiger partial charge in [-0.15, -0.1) is 11.3 Å². The van der Waals surface area contributed by atoms with Gasteiger partial charge in [-0.05, 0) is 84.1 Å². The van der Waals surface area contributed by atoms with Crippen molar-refractivity contribution in [2.24, 2.45) is 17.3 Å². The van der Waals surface area contributed by atoms with Crippen molar-refractivity contribution in [2.45, 2.75) is 91.1 Å². The minimum absolute atomic E-state index is 0.0299. The molecule has 2 aromatic rings. The molecule has 188 valence electrons. The van der Waals surface area contributed by atoms with E-state index < -0.39 is 5.97 Å². The summed E-state index contributed by atoms with van der Waals surface area (Å²) in [6.07, 6.45) is 10.5. The third-order valence-corrected chi connectivity index (χ3v) is 8.20. The van der Waals surface area contributed by atoms with Crippen molar-refractivity contribution >= 4 is 28.9 Å². The van der Waals surface area contributed by atoms with Gasteiger partial charge in [-0.25, -0.2) is 14.5 Å². The highest BCUT2D eigenvalue weighted by Crippen LogP contribution is 2.40. The maximum Gasteiger partial charge on any atom is 0.348 e. The SMILES string of the molecule is CC(C)(C)C#Cc1cc(N(C(=O)[C@H]2CC[C@H](C)CC2)[C@H]2CC[C@H](n3cncn3)CC2)c(C(=O)O)s1. The quantitative estimate of drug-likeness (QED) is 0.530. The van der Waals surface area contributed by atoms with E-state index in [9.17, 15) is 14.7 Å². The molecule has 2 aliphatic carbocycles. The van der Waals surface area contributed by atoms with Crippen LogP contribution >= 0.6 is 11.3 Å². The average molecular weight is 497 g/mol. The number of amides is 1. The predicted molar refractivity (Wildman–Crippen MR) is 138 cm³/mol. The summed E-state index contributed by atoms with van der Waals surface area (Å²) in [4.78, 5) is 33.1. The second-order valence-electron chi connectivity index (χ2n) is 11.1. The van der Waals surface area contributed by atoms with E-state index in [0.717, 1.165) is 51.4 Å². The smallest absolute Gasteiger partial charge is 0.348 e. The van der Waals surface area contributed by atoms with Crippen LogP contribution in [0.1, 0.15) is 99.7 Å². The molecule has 2 aromatic heterocycles. The Bertz CT molecular complexity index is 1090. The van der Waals surface area contributed by atoms with Crippen LogP contribution in [0.25, 0.3) is 0 Å². The predicted octanol–water partition coefficient (Wildman–Crippen LogP) is 5.78. The molecule has 4 rings (SSSR count). The Morgan fingerprint density at radius 1 is 1.11 bits per heavy atom. The normalized spacial score (nSPS) is 24.9. The topological polar surface area (TPSA) is 88.3 Å². The van der Waals surface area contributed by atoms with Gasteiger partial charge in [-0.1, -0.05) is 18.8 Å². The van der Waals surface area contributed by atoms with Gasteiger partial charge in [0.25, 0.3) is 0 Å². The number of rotatable bonds is 5. The maximum absolute atomic E-state index is 14.0. The Kier molecular flexibility index (Phi) is 7.65. The lowest BCUT2D eigenvalue weighted by Gasteiger charge is -2.39. The molecule has 2 fully saturated rings. The van der Waals surface area contributed by atoms with Gasteiger partial charge in [-0.3, -0.25) is 4.79 Å². The Labute approximate surface area is 211 Å². The number of carboxylic acid groups (broad SMARTS) is 1. The molecule has 1 amide bonds. The van der Waals surface area contributed by atoms with Crippen LogP contribution in [0.4, 0.5) is 5.69 Å². The Balaban J connectivity index is 1.66. The molecular weight excluding hydrogens is 460 g/mol. The minimum atomic E-state index is -1.000. The molecule has 2 heterocycles. The van der Waals surface area contributed by atoms with Gasteiger partial charge in [0.1, 0.15) is 17.5 Å². The summed E-state index contributed by atoms with van der Waals surface area (Å²) in [5.41, 5.74) is 0.329. The van der Waals surface area contributed by atoms with Crippen molar-refractivity contribution in [1.82, 2.24) is 14.8 Å². The van der Waals surface area contributed by atoms with Crippen molar-refractivity contribution in [3.05, 3.63) is 28.5 Å². The third kappa shape index (κ3) is 6.13. The highest BCUT2D eigenvalue weighted by Gasteiger charge is 2.37. The standard InChI is InChI=1S/C27H36N4O3S/c1-18-5-7-19(8-6-18)25(32)31(21-11-9-20(10-12-21)30-17-28-16-29-30)23-15-22(13-14-27(2,3)4)35-24(23)26(33)34/h15-21H,5-12H2,1-4H3,(H,33,34)/t18-,19-,20-,21-. The molecule has 35 heavy (non-hydrogen) atoms. The van der Waals surface area contributed by atoms with Crippen molar-refractivity contribution in [1.29, 1.82) is 0 Å². The molecule has 0 spiro atoms. The lowest BCUT2D eigenvalue weighted by atomic mass is 9.81. The van der Waals surface area contributed by atoms with Crippen LogP contribution < -0.4 is 4.90 Å². The average Bonchev–Trinajstić information content (AvgIpc) is 3.49. The largest absolute Gasteiger partial charge is 0.477 e. The lowest BCUT2D eigenvalue weighted by molar-refractivity contribution is -0.124.